The second-order valence-corrected chi connectivity index (χ2v) is 7.27. The molecule has 0 N–H and O–H groups in total. The topological polar surface area (TPSA) is 101 Å². The van der Waals surface area contributed by atoms with Gasteiger partial charge in [-0.15, -0.1) is 0 Å². The van der Waals surface area contributed by atoms with Gasteiger partial charge in [-0.1, -0.05) is 11.6 Å². The molecule has 1 aliphatic heterocycles. The van der Waals surface area contributed by atoms with Crippen molar-refractivity contribution in [2.75, 3.05) is 32.4 Å². The Morgan fingerprint density at radius 3 is 2.36 bits per heavy atom. The van der Waals surface area contributed by atoms with Crippen LogP contribution in [0.3, 0.4) is 0 Å². The molecule has 22 heavy (non-hydrogen) atoms. The second-order valence-electron chi connectivity index (χ2n) is 4.88. The van der Waals surface area contributed by atoms with E-state index in [1.165, 1.54) is 21.3 Å². The molecular weight excluding hydrogens is 334 g/mol. The van der Waals surface area contributed by atoms with Gasteiger partial charge in [0.1, 0.15) is 0 Å². The lowest BCUT2D eigenvalue weighted by Crippen LogP contribution is -2.50. The number of amides is 1. The predicted molar refractivity (Wildman–Crippen MR) is 80.4 cm³/mol. The fraction of sp³-hybridized carbons (Fsp3) is 0.417. The number of hydrogen-bond donors (Lipinski definition) is 0. The summed E-state index contributed by atoms with van der Waals surface area (Å²) in [6.45, 7) is 0.810. The maximum absolute atomic E-state index is 12.4. The molecule has 10 heteroatoms. The zero-order chi connectivity index (χ0) is 16.5. The van der Waals surface area contributed by atoms with Crippen molar-refractivity contribution in [3.05, 3.63) is 38.9 Å². The standard InChI is InChI=1S/C12H14ClN3O5S/c1-22(20,21)15-6-4-14(5-7-15)12(17)10-8-9(16(18)19)2-3-11(10)13/h2-3,8H,4-7H2,1H3. The normalized spacial score (nSPS) is 16.5. The number of halogens is 1. The van der Waals surface area contributed by atoms with Gasteiger partial charge in [-0.2, -0.15) is 4.31 Å². The number of carbonyl (C=O) groups is 1. The van der Waals surface area contributed by atoms with Crippen molar-refractivity contribution in [2.24, 2.45) is 0 Å². The van der Waals surface area contributed by atoms with E-state index in [0.29, 0.717) is 0 Å². The highest BCUT2D eigenvalue weighted by atomic mass is 35.5. The van der Waals surface area contributed by atoms with Crippen LogP contribution < -0.4 is 0 Å². The van der Waals surface area contributed by atoms with Crippen LogP contribution in [0, 0.1) is 10.1 Å². The zero-order valence-corrected chi connectivity index (χ0v) is 13.3. The SMILES string of the molecule is CS(=O)(=O)N1CCN(C(=O)c2cc([N+](=O)[O-])ccc2Cl)CC1. The van der Waals surface area contributed by atoms with Crippen molar-refractivity contribution >= 4 is 33.2 Å². The summed E-state index contributed by atoms with van der Waals surface area (Å²) in [7, 11) is -3.29. The molecule has 0 spiro atoms. The molecule has 1 aromatic carbocycles. The third-order valence-corrected chi connectivity index (χ3v) is 5.02. The Labute approximate surface area is 132 Å². The van der Waals surface area contributed by atoms with Crippen molar-refractivity contribution in [2.45, 2.75) is 0 Å². The average molecular weight is 348 g/mol. The van der Waals surface area contributed by atoms with Crippen LogP contribution in [0.1, 0.15) is 10.4 Å². The van der Waals surface area contributed by atoms with Crippen LogP contribution in [0.2, 0.25) is 5.02 Å². The van der Waals surface area contributed by atoms with Gasteiger partial charge in [-0.25, -0.2) is 8.42 Å². The number of hydrogen-bond acceptors (Lipinski definition) is 5. The van der Waals surface area contributed by atoms with E-state index < -0.39 is 20.9 Å². The van der Waals surface area contributed by atoms with Gasteiger partial charge in [0.15, 0.2) is 0 Å². The Morgan fingerprint density at radius 1 is 1.27 bits per heavy atom. The molecule has 1 aromatic rings. The number of carbonyl (C=O) groups excluding carboxylic acids is 1. The van der Waals surface area contributed by atoms with Gasteiger partial charge in [0.2, 0.25) is 10.0 Å². The minimum atomic E-state index is -3.29. The van der Waals surface area contributed by atoms with Crippen molar-refractivity contribution in [3.63, 3.8) is 0 Å². The first-order chi connectivity index (χ1) is 10.2. The molecule has 8 nitrogen and oxygen atoms in total. The molecule has 1 saturated heterocycles. The highest BCUT2D eigenvalue weighted by Gasteiger charge is 2.28. The summed E-state index contributed by atoms with van der Waals surface area (Å²) < 4.78 is 24.1. The molecule has 1 heterocycles. The number of non-ortho nitro benzene ring substituents is 1. The first-order valence-electron chi connectivity index (χ1n) is 6.38. The second kappa shape index (κ2) is 6.19. The number of sulfonamides is 1. The van der Waals surface area contributed by atoms with Crippen LogP contribution in [-0.2, 0) is 10.0 Å². The summed E-state index contributed by atoms with van der Waals surface area (Å²) in [5.74, 6) is -0.443. The lowest BCUT2D eigenvalue weighted by atomic mass is 10.1. The molecule has 1 amide bonds. The molecule has 0 atom stereocenters. The van der Waals surface area contributed by atoms with Crippen molar-refractivity contribution < 1.29 is 18.1 Å². The van der Waals surface area contributed by atoms with Crippen molar-refractivity contribution in [1.29, 1.82) is 0 Å². The van der Waals surface area contributed by atoms with E-state index in [4.69, 9.17) is 11.6 Å². The Kier molecular flexibility index (Phi) is 4.69. The number of rotatable bonds is 3. The molecule has 120 valence electrons. The van der Waals surface area contributed by atoms with E-state index in [1.54, 1.807) is 0 Å². The monoisotopic (exact) mass is 347 g/mol. The van der Waals surface area contributed by atoms with E-state index in [0.717, 1.165) is 12.3 Å². The molecule has 2 rings (SSSR count). The number of nitrogens with zero attached hydrogens (tertiary/aromatic N) is 3. The van der Waals surface area contributed by atoms with Gasteiger partial charge in [-0.3, -0.25) is 14.9 Å². The van der Waals surface area contributed by atoms with Gasteiger partial charge >= 0.3 is 0 Å². The van der Waals surface area contributed by atoms with Gasteiger partial charge in [-0.05, 0) is 6.07 Å². The van der Waals surface area contributed by atoms with Gasteiger partial charge in [0.05, 0.1) is 21.8 Å². The number of nitro groups is 1. The number of piperazine rings is 1. The Balaban J connectivity index is 2.17. The maximum atomic E-state index is 12.4. The largest absolute Gasteiger partial charge is 0.336 e. The summed E-state index contributed by atoms with van der Waals surface area (Å²) in [5, 5.41) is 10.9. The first kappa shape index (κ1) is 16.7. The molecule has 0 bridgehead atoms. The van der Waals surface area contributed by atoms with Gasteiger partial charge < -0.3 is 4.90 Å². The highest BCUT2D eigenvalue weighted by Crippen LogP contribution is 2.24. The average Bonchev–Trinajstić information content (AvgIpc) is 2.46. The van der Waals surface area contributed by atoms with E-state index in [-0.39, 0.29) is 42.5 Å². The van der Waals surface area contributed by atoms with Crippen molar-refractivity contribution in [3.8, 4) is 0 Å². The van der Waals surface area contributed by atoms with Gasteiger partial charge in [0, 0.05) is 38.3 Å². The summed E-state index contributed by atoms with van der Waals surface area (Å²) in [6.07, 6.45) is 1.11. The third-order valence-electron chi connectivity index (χ3n) is 3.39. The van der Waals surface area contributed by atoms with Crippen LogP contribution in [0.5, 0.6) is 0 Å². The first-order valence-corrected chi connectivity index (χ1v) is 8.61. The smallest absolute Gasteiger partial charge is 0.270 e. The van der Waals surface area contributed by atoms with Crippen molar-refractivity contribution in [1.82, 2.24) is 9.21 Å². The van der Waals surface area contributed by atoms with Crippen LogP contribution in [0.25, 0.3) is 0 Å². The fourth-order valence-corrected chi connectivity index (χ4v) is 3.21. The molecule has 0 saturated carbocycles. The van der Waals surface area contributed by atoms with E-state index in [9.17, 15) is 23.3 Å². The number of benzene rings is 1. The predicted octanol–water partition coefficient (Wildman–Crippen LogP) is 0.966. The third kappa shape index (κ3) is 3.54. The molecule has 1 aliphatic rings. The van der Waals surface area contributed by atoms with Crippen LogP contribution in [0.4, 0.5) is 5.69 Å². The van der Waals surface area contributed by atoms with E-state index in [1.807, 2.05) is 0 Å². The fourth-order valence-electron chi connectivity index (χ4n) is 2.18. The van der Waals surface area contributed by atoms with E-state index in [2.05, 4.69) is 0 Å². The summed E-state index contributed by atoms with van der Waals surface area (Å²) in [5.41, 5.74) is -0.175. The maximum Gasteiger partial charge on any atom is 0.270 e. The lowest BCUT2D eigenvalue weighted by molar-refractivity contribution is -0.384. The summed E-state index contributed by atoms with van der Waals surface area (Å²) in [6, 6.07) is 3.66. The minimum Gasteiger partial charge on any atom is -0.336 e. The van der Waals surface area contributed by atoms with Crippen LogP contribution >= 0.6 is 11.6 Å². The minimum absolute atomic E-state index is 0.0451. The highest BCUT2D eigenvalue weighted by molar-refractivity contribution is 7.88. The summed E-state index contributed by atoms with van der Waals surface area (Å²) in [4.78, 5) is 24.0. The van der Waals surface area contributed by atoms with Crippen LogP contribution in [-0.4, -0.2) is 60.9 Å². The molecular formula is C12H14ClN3O5S. The molecule has 0 aromatic heterocycles. The molecule has 0 unspecified atom stereocenters. The zero-order valence-electron chi connectivity index (χ0n) is 11.7. The quantitative estimate of drug-likeness (QED) is 0.599. The Morgan fingerprint density at radius 2 is 1.86 bits per heavy atom. The Hall–Kier alpha value is -1.71. The molecule has 0 radical (unpaired) electrons. The number of nitro benzene ring substituents is 1. The van der Waals surface area contributed by atoms with E-state index >= 15 is 0 Å². The summed E-state index contributed by atoms with van der Waals surface area (Å²) >= 11 is 5.94. The molecule has 0 aliphatic carbocycles. The molecule has 1 fully saturated rings. The van der Waals surface area contributed by atoms with Gasteiger partial charge in [0.25, 0.3) is 11.6 Å². The lowest BCUT2D eigenvalue weighted by Gasteiger charge is -2.33. The van der Waals surface area contributed by atoms with Crippen LogP contribution in [0.15, 0.2) is 18.2 Å². The Bertz CT molecular complexity index is 713.